The van der Waals surface area contributed by atoms with Crippen molar-refractivity contribution in [3.63, 3.8) is 0 Å². The molecule has 0 spiro atoms. The van der Waals surface area contributed by atoms with Crippen LogP contribution in [0.25, 0.3) is 0 Å². The summed E-state index contributed by atoms with van der Waals surface area (Å²) in [6.45, 7) is 0. The highest BCUT2D eigenvalue weighted by Crippen LogP contribution is 2.36. The van der Waals surface area contributed by atoms with Gasteiger partial charge in [0.25, 0.3) is 0 Å². The van der Waals surface area contributed by atoms with Crippen LogP contribution >= 0.6 is 0 Å². The first kappa shape index (κ1) is 13.0. The highest BCUT2D eigenvalue weighted by atomic mass is 16.5. The molecule has 0 saturated heterocycles. The number of ether oxygens (including phenoxy) is 2. The Morgan fingerprint density at radius 3 is 2.55 bits per heavy atom. The molecule has 2 aromatic rings. The summed E-state index contributed by atoms with van der Waals surface area (Å²) < 4.78 is 11.4. The summed E-state index contributed by atoms with van der Waals surface area (Å²) >= 11 is 0. The molecular weight excluding hydrogens is 250 g/mol. The fourth-order valence-electron chi connectivity index (χ4n) is 2.84. The average Bonchev–Trinajstić information content (AvgIpc) is 2.84. The van der Waals surface area contributed by atoms with Crippen LogP contribution in [0.3, 0.4) is 0 Å². The van der Waals surface area contributed by atoms with E-state index in [2.05, 4.69) is 17.4 Å². The lowest BCUT2D eigenvalue weighted by atomic mass is 10.1. The molecule has 0 heterocycles. The second kappa shape index (κ2) is 5.55. The Kier molecular flexibility index (Phi) is 3.61. The van der Waals surface area contributed by atoms with Gasteiger partial charge in [-0.2, -0.15) is 0 Å². The van der Waals surface area contributed by atoms with E-state index < -0.39 is 0 Å². The molecule has 0 aliphatic heterocycles. The minimum absolute atomic E-state index is 0.115. The molecule has 3 rings (SSSR count). The summed E-state index contributed by atoms with van der Waals surface area (Å²) in [7, 11) is 3.67. The van der Waals surface area contributed by atoms with Gasteiger partial charge in [-0.05, 0) is 42.4 Å². The van der Waals surface area contributed by atoms with Crippen LogP contribution < -0.4 is 14.8 Å². The lowest BCUT2D eigenvalue weighted by Gasteiger charge is -2.21. The number of para-hydroxylation sites is 1. The van der Waals surface area contributed by atoms with Crippen LogP contribution in [-0.2, 0) is 6.42 Å². The summed E-state index contributed by atoms with van der Waals surface area (Å²) in [6, 6.07) is 16.4. The van der Waals surface area contributed by atoms with E-state index in [1.807, 2.05) is 43.4 Å². The lowest BCUT2D eigenvalue weighted by Crippen LogP contribution is -2.30. The van der Waals surface area contributed by atoms with Crippen molar-refractivity contribution < 1.29 is 9.47 Å². The first-order valence-electron chi connectivity index (χ1n) is 6.87. The van der Waals surface area contributed by atoms with Crippen LogP contribution in [0.15, 0.2) is 48.5 Å². The van der Waals surface area contributed by atoms with Gasteiger partial charge in [0.05, 0.1) is 13.2 Å². The average molecular weight is 269 g/mol. The van der Waals surface area contributed by atoms with Crippen molar-refractivity contribution in [3.05, 3.63) is 59.7 Å². The Hall–Kier alpha value is -2.00. The highest BCUT2D eigenvalue weighted by molar-refractivity contribution is 5.42. The summed E-state index contributed by atoms with van der Waals surface area (Å²) in [5.41, 5.74) is 2.60. The van der Waals surface area contributed by atoms with Gasteiger partial charge in [0.2, 0.25) is 0 Å². The third-order valence-corrected chi connectivity index (χ3v) is 3.82. The number of rotatable bonds is 4. The second-order valence-electron chi connectivity index (χ2n) is 5.00. The summed E-state index contributed by atoms with van der Waals surface area (Å²) in [5, 5.41) is 3.36. The van der Waals surface area contributed by atoms with Gasteiger partial charge in [0, 0.05) is 6.42 Å². The van der Waals surface area contributed by atoms with E-state index >= 15 is 0 Å². The summed E-state index contributed by atoms with van der Waals surface area (Å²) in [4.78, 5) is 0. The zero-order valence-corrected chi connectivity index (χ0v) is 11.8. The minimum Gasteiger partial charge on any atom is -0.497 e. The first-order valence-corrected chi connectivity index (χ1v) is 6.87. The van der Waals surface area contributed by atoms with E-state index in [4.69, 9.17) is 9.47 Å². The smallest absolute Gasteiger partial charge is 0.122 e. The van der Waals surface area contributed by atoms with Gasteiger partial charge in [-0.1, -0.05) is 24.3 Å². The van der Waals surface area contributed by atoms with E-state index in [1.54, 1.807) is 7.11 Å². The van der Waals surface area contributed by atoms with Crippen LogP contribution in [-0.4, -0.2) is 20.3 Å². The SMILES string of the molecule is CNC1c2cc(OC)ccc2CC1Oc1ccccc1. The van der Waals surface area contributed by atoms with E-state index in [0.29, 0.717) is 0 Å². The Bertz CT molecular complexity index is 583. The van der Waals surface area contributed by atoms with Crippen molar-refractivity contribution in [2.45, 2.75) is 18.6 Å². The number of methoxy groups -OCH3 is 1. The van der Waals surface area contributed by atoms with Crippen molar-refractivity contribution in [1.29, 1.82) is 0 Å². The second-order valence-corrected chi connectivity index (χ2v) is 5.00. The van der Waals surface area contributed by atoms with Gasteiger partial charge in [0.1, 0.15) is 17.6 Å². The minimum atomic E-state index is 0.115. The number of nitrogens with one attached hydrogen (secondary N) is 1. The maximum absolute atomic E-state index is 6.13. The van der Waals surface area contributed by atoms with Crippen molar-refractivity contribution in [3.8, 4) is 11.5 Å². The van der Waals surface area contributed by atoms with Crippen LogP contribution in [0, 0.1) is 0 Å². The molecule has 0 radical (unpaired) electrons. The van der Waals surface area contributed by atoms with Crippen LogP contribution in [0.5, 0.6) is 11.5 Å². The normalized spacial score (nSPS) is 20.5. The molecule has 20 heavy (non-hydrogen) atoms. The van der Waals surface area contributed by atoms with Gasteiger partial charge in [0.15, 0.2) is 0 Å². The molecule has 0 fully saturated rings. The van der Waals surface area contributed by atoms with E-state index in [0.717, 1.165) is 17.9 Å². The first-order chi connectivity index (χ1) is 9.81. The van der Waals surface area contributed by atoms with Crippen LogP contribution in [0.1, 0.15) is 17.2 Å². The van der Waals surface area contributed by atoms with Crippen molar-refractivity contribution in [1.82, 2.24) is 5.32 Å². The maximum Gasteiger partial charge on any atom is 0.122 e. The third kappa shape index (κ3) is 2.37. The van der Waals surface area contributed by atoms with Crippen molar-refractivity contribution in [2.75, 3.05) is 14.2 Å². The molecule has 0 bridgehead atoms. The Morgan fingerprint density at radius 2 is 1.85 bits per heavy atom. The predicted molar refractivity (Wildman–Crippen MR) is 79.4 cm³/mol. The van der Waals surface area contributed by atoms with Gasteiger partial charge in [-0.25, -0.2) is 0 Å². The fraction of sp³-hybridized carbons (Fsp3) is 0.294. The molecule has 0 aromatic heterocycles. The van der Waals surface area contributed by atoms with Gasteiger partial charge >= 0.3 is 0 Å². The van der Waals surface area contributed by atoms with Gasteiger partial charge in [-0.15, -0.1) is 0 Å². The number of benzene rings is 2. The summed E-state index contributed by atoms with van der Waals surface area (Å²) in [5.74, 6) is 1.81. The molecule has 1 N–H and O–H groups in total. The largest absolute Gasteiger partial charge is 0.497 e. The van der Waals surface area contributed by atoms with Crippen molar-refractivity contribution in [2.24, 2.45) is 0 Å². The van der Waals surface area contributed by atoms with E-state index in [1.165, 1.54) is 11.1 Å². The zero-order chi connectivity index (χ0) is 13.9. The molecule has 2 aromatic carbocycles. The van der Waals surface area contributed by atoms with Crippen molar-refractivity contribution >= 4 is 0 Å². The number of hydrogen-bond acceptors (Lipinski definition) is 3. The number of hydrogen-bond donors (Lipinski definition) is 1. The maximum atomic E-state index is 6.13. The predicted octanol–water partition coefficient (Wildman–Crippen LogP) is 2.96. The molecule has 1 aliphatic rings. The molecule has 3 nitrogen and oxygen atoms in total. The molecule has 3 heteroatoms. The topological polar surface area (TPSA) is 30.5 Å². The highest BCUT2D eigenvalue weighted by Gasteiger charge is 2.33. The molecule has 2 atom stereocenters. The Morgan fingerprint density at radius 1 is 1.05 bits per heavy atom. The molecule has 104 valence electrons. The molecule has 1 aliphatic carbocycles. The number of likely N-dealkylation sites (N-methyl/N-ethyl adjacent to an activating group) is 1. The molecule has 0 saturated carbocycles. The monoisotopic (exact) mass is 269 g/mol. The summed E-state index contributed by atoms with van der Waals surface area (Å²) in [6.07, 6.45) is 1.03. The van der Waals surface area contributed by atoms with Gasteiger partial charge < -0.3 is 14.8 Å². The molecule has 2 unspecified atom stereocenters. The zero-order valence-electron chi connectivity index (χ0n) is 11.8. The number of fused-ring (bicyclic) bond motifs is 1. The quantitative estimate of drug-likeness (QED) is 0.925. The molecular formula is C17H19NO2. The standard InChI is InChI=1S/C17H19NO2/c1-18-17-15-11-14(19-2)9-8-12(15)10-16(17)20-13-6-4-3-5-7-13/h3-9,11,16-18H,10H2,1-2H3. The van der Waals surface area contributed by atoms with Gasteiger partial charge in [-0.3, -0.25) is 0 Å². The Labute approximate surface area is 119 Å². The van der Waals surface area contributed by atoms with Crippen LogP contribution in [0.2, 0.25) is 0 Å². The van der Waals surface area contributed by atoms with E-state index in [9.17, 15) is 0 Å². The Balaban J connectivity index is 1.85. The third-order valence-electron chi connectivity index (χ3n) is 3.82. The van der Waals surface area contributed by atoms with E-state index in [-0.39, 0.29) is 12.1 Å². The lowest BCUT2D eigenvalue weighted by molar-refractivity contribution is 0.171. The van der Waals surface area contributed by atoms with Crippen LogP contribution in [0.4, 0.5) is 0 Å². The fourth-order valence-corrected chi connectivity index (χ4v) is 2.84. The molecule has 0 amide bonds.